The lowest BCUT2D eigenvalue weighted by atomic mass is 10.1. The zero-order valence-corrected chi connectivity index (χ0v) is 19.8. The molecule has 0 fully saturated rings. The van der Waals surface area contributed by atoms with Gasteiger partial charge >= 0.3 is 0 Å². The fraction of sp³-hybridized carbons (Fsp3) is 0.333. The van der Waals surface area contributed by atoms with Crippen molar-refractivity contribution in [2.75, 3.05) is 30.7 Å². The van der Waals surface area contributed by atoms with Gasteiger partial charge in [-0.2, -0.15) is 0 Å². The summed E-state index contributed by atoms with van der Waals surface area (Å²) in [5, 5.41) is 2.94. The van der Waals surface area contributed by atoms with Crippen LogP contribution in [0.25, 0.3) is 0 Å². The predicted octanol–water partition coefficient (Wildman–Crippen LogP) is 2.97. The molecule has 10 heteroatoms. The van der Waals surface area contributed by atoms with Crippen molar-refractivity contribution in [2.24, 2.45) is 0 Å². The van der Waals surface area contributed by atoms with E-state index < -0.39 is 28.5 Å². The van der Waals surface area contributed by atoms with E-state index in [4.69, 9.17) is 23.2 Å². The Morgan fingerprint density at radius 3 is 2.32 bits per heavy atom. The molecule has 0 aliphatic rings. The van der Waals surface area contributed by atoms with E-state index in [1.165, 1.54) is 30.1 Å². The molecule has 2 aromatic carbocycles. The van der Waals surface area contributed by atoms with E-state index in [0.29, 0.717) is 6.42 Å². The Hall–Kier alpha value is -2.29. The van der Waals surface area contributed by atoms with Crippen LogP contribution in [-0.2, 0) is 26.0 Å². The molecule has 2 rings (SSSR count). The summed E-state index contributed by atoms with van der Waals surface area (Å²) in [7, 11) is -2.38. The molecule has 2 aromatic rings. The Balaban J connectivity index is 2.34. The second-order valence-electron chi connectivity index (χ2n) is 6.98. The van der Waals surface area contributed by atoms with Crippen LogP contribution < -0.4 is 9.62 Å². The molecule has 1 N–H and O–H groups in total. The van der Waals surface area contributed by atoms with Crippen LogP contribution in [0.1, 0.15) is 12.5 Å². The van der Waals surface area contributed by atoms with Crippen molar-refractivity contribution in [1.29, 1.82) is 0 Å². The van der Waals surface area contributed by atoms with Crippen molar-refractivity contribution in [3.8, 4) is 0 Å². The average molecular weight is 486 g/mol. The number of nitrogens with zero attached hydrogens (tertiary/aromatic N) is 2. The minimum Gasteiger partial charge on any atom is -0.357 e. The van der Waals surface area contributed by atoms with Gasteiger partial charge in [-0.15, -0.1) is 0 Å². The molecule has 0 aliphatic heterocycles. The van der Waals surface area contributed by atoms with Crippen LogP contribution in [0, 0.1) is 0 Å². The molecule has 0 heterocycles. The third kappa shape index (κ3) is 6.85. The van der Waals surface area contributed by atoms with Gasteiger partial charge in [0.25, 0.3) is 0 Å². The van der Waals surface area contributed by atoms with Gasteiger partial charge in [0.2, 0.25) is 21.8 Å². The second-order valence-corrected chi connectivity index (χ2v) is 9.73. The number of anilines is 1. The predicted molar refractivity (Wildman–Crippen MR) is 124 cm³/mol. The fourth-order valence-electron chi connectivity index (χ4n) is 3.05. The molecular weight excluding hydrogens is 461 g/mol. The van der Waals surface area contributed by atoms with Gasteiger partial charge in [-0.25, -0.2) is 8.42 Å². The molecule has 168 valence electrons. The Morgan fingerprint density at radius 2 is 1.74 bits per heavy atom. The molecule has 0 spiro atoms. The van der Waals surface area contributed by atoms with Crippen LogP contribution in [0.3, 0.4) is 0 Å². The van der Waals surface area contributed by atoms with E-state index in [9.17, 15) is 18.0 Å². The van der Waals surface area contributed by atoms with Crippen LogP contribution in [-0.4, -0.2) is 57.6 Å². The summed E-state index contributed by atoms with van der Waals surface area (Å²) in [4.78, 5) is 26.8. The topological polar surface area (TPSA) is 86.8 Å². The fourth-order valence-corrected chi connectivity index (χ4v) is 4.34. The maximum absolute atomic E-state index is 13.2. The number of nitrogens with one attached hydrogen (secondary N) is 1. The number of hydrogen-bond donors (Lipinski definition) is 1. The number of rotatable bonds is 9. The van der Waals surface area contributed by atoms with Crippen LogP contribution >= 0.6 is 23.2 Å². The number of likely N-dealkylation sites (N-methyl/N-ethyl adjacent to an activating group) is 1. The molecule has 0 aromatic heterocycles. The standard InChI is InChI=1S/C21H25Cl2N3O4S/c1-15(21(28)24-2)25(12-11-16-7-5-4-6-8-16)20(27)14-26(31(3,29)30)19-13-17(22)9-10-18(19)23/h4-10,13,15H,11-12,14H2,1-3H3,(H,24,28)/t15-/m1/s1. The van der Waals surface area contributed by atoms with Crippen molar-refractivity contribution in [3.05, 3.63) is 64.1 Å². The first-order valence-electron chi connectivity index (χ1n) is 9.52. The number of hydrogen-bond acceptors (Lipinski definition) is 4. The lowest BCUT2D eigenvalue weighted by Gasteiger charge is -2.31. The van der Waals surface area contributed by atoms with Gasteiger partial charge in [0.15, 0.2) is 0 Å². The third-order valence-electron chi connectivity index (χ3n) is 4.75. The number of halogens is 2. The highest BCUT2D eigenvalue weighted by Crippen LogP contribution is 2.30. The first kappa shape index (κ1) is 25.0. The molecule has 0 saturated heterocycles. The van der Waals surface area contributed by atoms with Gasteiger partial charge < -0.3 is 10.2 Å². The molecule has 0 aliphatic carbocycles. The number of sulfonamides is 1. The molecule has 0 saturated carbocycles. The maximum Gasteiger partial charge on any atom is 0.244 e. The minimum absolute atomic E-state index is 0.0978. The second kappa shape index (κ2) is 10.8. The molecule has 0 bridgehead atoms. The molecule has 2 amide bonds. The summed E-state index contributed by atoms with van der Waals surface area (Å²) in [6, 6.07) is 13.1. The molecular formula is C21H25Cl2N3O4S. The monoisotopic (exact) mass is 485 g/mol. The van der Waals surface area contributed by atoms with Crippen LogP contribution in [0.5, 0.6) is 0 Å². The highest BCUT2D eigenvalue weighted by atomic mass is 35.5. The van der Waals surface area contributed by atoms with E-state index in [1.807, 2.05) is 30.3 Å². The lowest BCUT2D eigenvalue weighted by Crippen LogP contribution is -2.51. The molecule has 7 nitrogen and oxygen atoms in total. The highest BCUT2D eigenvalue weighted by Gasteiger charge is 2.30. The summed E-state index contributed by atoms with van der Waals surface area (Å²) >= 11 is 12.2. The summed E-state index contributed by atoms with van der Waals surface area (Å²) < 4.78 is 25.8. The third-order valence-corrected chi connectivity index (χ3v) is 6.44. The summed E-state index contributed by atoms with van der Waals surface area (Å²) in [5.74, 6) is -0.887. The Kier molecular flexibility index (Phi) is 8.73. The smallest absolute Gasteiger partial charge is 0.244 e. The van der Waals surface area contributed by atoms with Gasteiger partial charge in [-0.1, -0.05) is 53.5 Å². The summed E-state index contributed by atoms with van der Waals surface area (Å²) in [6.45, 7) is 1.31. The Bertz CT molecular complexity index is 1030. The van der Waals surface area contributed by atoms with Crippen molar-refractivity contribution in [3.63, 3.8) is 0 Å². The summed E-state index contributed by atoms with van der Waals surface area (Å²) in [5.41, 5.74) is 1.09. The van der Waals surface area contributed by atoms with Gasteiger partial charge in [0.05, 0.1) is 17.0 Å². The van der Waals surface area contributed by atoms with Crippen LogP contribution in [0.2, 0.25) is 10.0 Å². The number of carbonyl (C=O) groups excluding carboxylic acids is 2. The number of benzene rings is 2. The Morgan fingerprint density at radius 1 is 1.10 bits per heavy atom. The van der Waals surface area contributed by atoms with E-state index in [-0.39, 0.29) is 28.2 Å². The van der Waals surface area contributed by atoms with E-state index in [0.717, 1.165) is 16.1 Å². The SMILES string of the molecule is CNC(=O)[C@@H](C)N(CCc1ccccc1)C(=O)CN(c1cc(Cl)ccc1Cl)S(C)(=O)=O. The molecule has 0 radical (unpaired) electrons. The quantitative estimate of drug-likeness (QED) is 0.591. The van der Waals surface area contributed by atoms with Gasteiger partial charge in [0, 0.05) is 18.6 Å². The number of carbonyl (C=O) groups is 2. The van der Waals surface area contributed by atoms with Crippen molar-refractivity contribution >= 4 is 50.7 Å². The van der Waals surface area contributed by atoms with Crippen LogP contribution in [0.15, 0.2) is 48.5 Å². The van der Waals surface area contributed by atoms with Gasteiger partial charge in [-0.3, -0.25) is 13.9 Å². The number of amides is 2. The largest absolute Gasteiger partial charge is 0.357 e. The van der Waals surface area contributed by atoms with Crippen molar-refractivity contribution in [1.82, 2.24) is 10.2 Å². The first-order valence-corrected chi connectivity index (χ1v) is 12.1. The summed E-state index contributed by atoms with van der Waals surface area (Å²) in [6.07, 6.45) is 1.48. The maximum atomic E-state index is 13.2. The van der Waals surface area contributed by atoms with E-state index in [2.05, 4.69) is 5.32 Å². The average Bonchev–Trinajstić information content (AvgIpc) is 2.73. The zero-order valence-electron chi connectivity index (χ0n) is 17.5. The Labute approximate surface area is 193 Å². The van der Waals surface area contributed by atoms with Crippen LogP contribution in [0.4, 0.5) is 5.69 Å². The minimum atomic E-state index is -3.86. The van der Waals surface area contributed by atoms with Gasteiger partial charge in [-0.05, 0) is 37.1 Å². The molecule has 0 unspecified atom stereocenters. The molecule has 31 heavy (non-hydrogen) atoms. The molecule has 1 atom stereocenters. The zero-order chi connectivity index (χ0) is 23.2. The lowest BCUT2D eigenvalue weighted by molar-refractivity contribution is -0.138. The van der Waals surface area contributed by atoms with E-state index in [1.54, 1.807) is 6.92 Å². The van der Waals surface area contributed by atoms with Gasteiger partial charge in [0.1, 0.15) is 12.6 Å². The highest BCUT2D eigenvalue weighted by molar-refractivity contribution is 7.92. The van der Waals surface area contributed by atoms with Crippen molar-refractivity contribution in [2.45, 2.75) is 19.4 Å². The van der Waals surface area contributed by atoms with Crippen molar-refractivity contribution < 1.29 is 18.0 Å². The first-order chi connectivity index (χ1) is 14.5. The van der Waals surface area contributed by atoms with E-state index >= 15 is 0 Å². The normalized spacial score (nSPS) is 12.2.